The summed E-state index contributed by atoms with van der Waals surface area (Å²) in [5, 5.41) is 16.6. The second kappa shape index (κ2) is 7.96. The van der Waals surface area contributed by atoms with E-state index in [1.54, 1.807) is 13.0 Å². The molecule has 20 heavy (non-hydrogen) atoms. The van der Waals surface area contributed by atoms with Crippen molar-refractivity contribution < 1.29 is 9.72 Å². The lowest BCUT2D eigenvalue weighted by molar-refractivity contribution is -0.385. The van der Waals surface area contributed by atoms with E-state index in [-0.39, 0.29) is 17.6 Å². The minimum absolute atomic E-state index is 0.0271. The van der Waals surface area contributed by atoms with Gasteiger partial charge in [-0.1, -0.05) is 22.9 Å². The Labute approximate surface area is 126 Å². The van der Waals surface area contributed by atoms with Gasteiger partial charge in [0, 0.05) is 29.7 Å². The molecule has 1 unspecified atom stereocenters. The van der Waals surface area contributed by atoms with Crippen LogP contribution in [0, 0.1) is 10.1 Å². The third-order valence-corrected chi connectivity index (χ3v) is 3.17. The maximum absolute atomic E-state index is 11.7. The molecule has 1 atom stereocenters. The van der Waals surface area contributed by atoms with Crippen LogP contribution in [0.25, 0.3) is 0 Å². The third-order valence-electron chi connectivity index (χ3n) is 2.71. The zero-order chi connectivity index (χ0) is 15.1. The van der Waals surface area contributed by atoms with Crippen LogP contribution in [0.3, 0.4) is 0 Å². The monoisotopic (exact) mass is 343 g/mol. The lowest BCUT2D eigenvalue weighted by atomic mass is 10.2. The van der Waals surface area contributed by atoms with Crippen molar-refractivity contribution in [1.82, 2.24) is 10.6 Å². The Morgan fingerprint density at radius 2 is 2.15 bits per heavy atom. The molecule has 0 fully saturated rings. The Bertz CT molecular complexity index is 494. The predicted molar refractivity (Wildman–Crippen MR) is 80.4 cm³/mol. The molecule has 0 aromatic heterocycles. The van der Waals surface area contributed by atoms with Crippen molar-refractivity contribution in [3.63, 3.8) is 0 Å². The second-order valence-electron chi connectivity index (χ2n) is 4.47. The zero-order valence-electron chi connectivity index (χ0n) is 11.5. The van der Waals surface area contributed by atoms with Crippen molar-refractivity contribution in [3.8, 4) is 0 Å². The Balaban J connectivity index is 2.61. The number of hydrogen-bond donors (Lipinski definition) is 2. The van der Waals surface area contributed by atoms with Crippen LogP contribution in [0.5, 0.6) is 0 Å². The first-order valence-corrected chi connectivity index (χ1v) is 7.18. The molecule has 1 rings (SSSR count). The van der Waals surface area contributed by atoms with Crippen LogP contribution in [-0.2, 0) is 11.3 Å². The fraction of sp³-hybridized carbons (Fsp3) is 0.462. The summed E-state index contributed by atoms with van der Waals surface area (Å²) >= 11 is 3.24. The van der Waals surface area contributed by atoms with Gasteiger partial charge in [0.05, 0.1) is 11.0 Å². The van der Waals surface area contributed by atoms with E-state index >= 15 is 0 Å². The molecule has 0 saturated heterocycles. The summed E-state index contributed by atoms with van der Waals surface area (Å²) in [6.07, 6.45) is 0.885. The molecule has 0 spiro atoms. The average molecular weight is 344 g/mol. The number of amides is 1. The molecule has 7 heteroatoms. The number of carbonyl (C=O) groups excluding carboxylic acids is 1. The predicted octanol–water partition coefficient (Wildman–Crippen LogP) is 2.36. The lowest BCUT2D eigenvalue weighted by Crippen LogP contribution is -2.42. The van der Waals surface area contributed by atoms with Crippen molar-refractivity contribution in [3.05, 3.63) is 38.3 Å². The van der Waals surface area contributed by atoms with Gasteiger partial charge in [-0.25, -0.2) is 0 Å². The number of halogens is 1. The van der Waals surface area contributed by atoms with Gasteiger partial charge >= 0.3 is 0 Å². The maximum atomic E-state index is 11.7. The molecule has 0 aliphatic carbocycles. The molecule has 1 aromatic rings. The Kier molecular flexibility index (Phi) is 6.60. The summed E-state index contributed by atoms with van der Waals surface area (Å²) in [5.74, 6) is -0.0728. The summed E-state index contributed by atoms with van der Waals surface area (Å²) in [6, 6.07) is 4.38. The first-order valence-electron chi connectivity index (χ1n) is 6.39. The van der Waals surface area contributed by atoms with E-state index in [4.69, 9.17) is 0 Å². The van der Waals surface area contributed by atoms with Gasteiger partial charge in [0.2, 0.25) is 5.91 Å². The smallest absolute Gasteiger partial charge is 0.270 e. The summed E-state index contributed by atoms with van der Waals surface area (Å²) in [6.45, 7) is 4.78. The highest BCUT2D eigenvalue weighted by Crippen LogP contribution is 2.21. The van der Waals surface area contributed by atoms with Gasteiger partial charge in [-0.05, 0) is 25.0 Å². The molecule has 0 aliphatic rings. The summed E-state index contributed by atoms with van der Waals surface area (Å²) in [5.41, 5.74) is 0.778. The number of nitro groups is 1. The van der Waals surface area contributed by atoms with Crippen LogP contribution in [0.15, 0.2) is 22.7 Å². The first-order chi connectivity index (χ1) is 9.43. The van der Waals surface area contributed by atoms with E-state index in [0.29, 0.717) is 17.6 Å². The summed E-state index contributed by atoms with van der Waals surface area (Å²) < 4.78 is 0.645. The third kappa shape index (κ3) is 5.26. The van der Waals surface area contributed by atoms with E-state index < -0.39 is 4.92 Å². The number of nitrogens with zero attached hydrogens (tertiary/aromatic N) is 1. The van der Waals surface area contributed by atoms with Gasteiger partial charge in [-0.3, -0.25) is 14.9 Å². The fourth-order valence-electron chi connectivity index (χ4n) is 1.61. The van der Waals surface area contributed by atoms with E-state index in [0.717, 1.165) is 12.0 Å². The highest BCUT2D eigenvalue weighted by atomic mass is 79.9. The van der Waals surface area contributed by atoms with Gasteiger partial charge in [0.1, 0.15) is 0 Å². The van der Waals surface area contributed by atoms with Gasteiger partial charge < -0.3 is 10.6 Å². The Morgan fingerprint density at radius 1 is 1.45 bits per heavy atom. The molecule has 0 aliphatic heterocycles. The minimum atomic E-state index is -0.439. The van der Waals surface area contributed by atoms with E-state index in [9.17, 15) is 14.9 Å². The number of non-ortho nitro benzene ring substituents is 1. The van der Waals surface area contributed by atoms with Crippen LogP contribution in [0.1, 0.15) is 25.8 Å². The number of nitrogens with one attached hydrogen (secondary N) is 2. The molecule has 0 radical (unpaired) electrons. The SMILES string of the molecule is CCCNC(=O)C(C)NCc1cc(Br)cc([N+](=O)[O-])c1. The molecular weight excluding hydrogens is 326 g/mol. The number of hydrogen-bond acceptors (Lipinski definition) is 4. The highest BCUT2D eigenvalue weighted by Gasteiger charge is 2.13. The quantitative estimate of drug-likeness (QED) is 0.587. The second-order valence-corrected chi connectivity index (χ2v) is 5.38. The molecule has 0 saturated carbocycles. The van der Waals surface area contributed by atoms with Crippen molar-refractivity contribution in [2.75, 3.05) is 6.54 Å². The number of rotatable bonds is 7. The van der Waals surface area contributed by atoms with Crippen molar-refractivity contribution in [1.29, 1.82) is 0 Å². The molecular formula is C13H18BrN3O3. The number of carbonyl (C=O) groups is 1. The maximum Gasteiger partial charge on any atom is 0.270 e. The molecule has 1 aromatic carbocycles. The van der Waals surface area contributed by atoms with Crippen molar-refractivity contribution in [2.45, 2.75) is 32.9 Å². The first kappa shape index (κ1) is 16.6. The van der Waals surface area contributed by atoms with Crippen LogP contribution in [-0.4, -0.2) is 23.4 Å². The largest absolute Gasteiger partial charge is 0.355 e. The fourth-order valence-corrected chi connectivity index (χ4v) is 2.13. The highest BCUT2D eigenvalue weighted by molar-refractivity contribution is 9.10. The average Bonchev–Trinajstić information content (AvgIpc) is 2.41. The molecule has 1 amide bonds. The Morgan fingerprint density at radius 3 is 2.75 bits per heavy atom. The van der Waals surface area contributed by atoms with Crippen LogP contribution in [0.4, 0.5) is 5.69 Å². The Hall–Kier alpha value is -1.47. The minimum Gasteiger partial charge on any atom is -0.355 e. The van der Waals surface area contributed by atoms with E-state index in [2.05, 4.69) is 26.6 Å². The van der Waals surface area contributed by atoms with Gasteiger partial charge in [0.15, 0.2) is 0 Å². The van der Waals surface area contributed by atoms with Crippen molar-refractivity contribution in [2.24, 2.45) is 0 Å². The van der Waals surface area contributed by atoms with Gasteiger partial charge in [-0.15, -0.1) is 0 Å². The molecule has 110 valence electrons. The van der Waals surface area contributed by atoms with Crippen LogP contribution < -0.4 is 10.6 Å². The summed E-state index contributed by atoms with van der Waals surface area (Å²) in [4.78, 5) is 22.0. The summed E-state index contributed by atoms with van der Waals surface area (Å²) in [7, 11) is 0. The zero-order valence-corrected chi connectivity index (χ0v) is 13.1. The topological polar surface area (TPSA) is 84.3 Å². The van der Waals surface area contributed by atoms with Crippen LogP contribution in [0.2, 0.25) is 0 Å². The molecule has 0 heterocycles. The van der Waals surface area contributed by atoms with Gasteiger partial charge in [-0.2, -0.15) is 0 Å². The molecule has 6 nitrogen and oxygen atoms in total. The molecule has 2 N–H and O–H groups in total. The van der Waals surface area contributed by atoms with Gasteiger partial charge in [0.25, 0.3) is 5.69 Å². The molecule has 0 bridgehead atoms. The normalized spacial score (nSPS) is 11.9. The van der Waals surface area contributed by atoms with Crippen LogP contribution >= 0.6 is 15.9 Å². The number of nitro benzene ring substituents is 1. The van der Waals surface area contributed by atoms with E-state index in [1.165, 1.54) is 12.1 Å². The van der Waals surface area contributed by atoms with Crippen molar-refractivity contribution >= 4 is 27.5 Å². The lowest BCUT2D eigenvalue weighted by Gasteiger charge is -2.13. The standard InChI is InChI=1S/C13H18BrN3O3/c1-3-4-15-13(18)9(2)16-8-10-5-11(14)7-12(6-10)17(19)20/h5-7,9,16H,3-4,8H2,1-2H3,(H,15,18). The van der Waals surface area contributed by atoms with E-state index in [1.807, 2.05) is 6.92 Å². The number of benzene rings is 1.